The summed E-state index contributed by atoms with van der Waals surface area (Å²) in [6, 6.07) is 2.80. The predicted octanol–water partition coefficient (Wildman–Crippen LogP) is 3.39. The van der Waals surface area contributed by atoms with Crippen molar-refractivity contribution in [2.24, 2.45) is 0 Å². The molecule has 0 aliphatic heterocycles. The van der Waals surface area contributed by atoms with Gasteiger partial charge in [0.25, 0.3) is 6.43 Å². The van der Waals surface area contributed by atoms with Crippen LogP contribution in [0.3, 0.4) is 0 Å². The summed E-state index contributed by atoms with van der Waals surface area (Å²) in [6.45, 7) is 0. The van der Waals surface area contributed by atoms with Crippen LogP contribution in [-0.4, -0.2) is 4.98 Å². The molecule has 0 spiro atoms. The Morgan fingerprint density at radius 1 is 1.64 bits per heavy atom. The van der Waals surface area contributed by atoms with Gasteiger partial charge in [-0.1, -0.05) is 0 Å². The molecule has 1 aromatic rings. The van der Waals surface area contributed by atoms with Gasteiger partial charge in [-0.3, -0.25) is 0 Å². The van der Waals surface area contributed by atoms with Crippen LogP contribution >= 0.6 is 27.5 Å². The molecular formula is C8H4BrClF2N2. The molecule has 0 aromatic carbocycles. The highest BCUT2D eigenvalue weighted by atomic mass is 79.9. The second-order valence-corrected chi connectivity index (χ2v) is 3.43. The Hall–Kier alpha value is -0.730. The van der Waals surface area contributed by atoms with Gasteiger partial charge < -0.3 is 0 Å². The summed E-state index contributed by atoms with van der Waals surface area (Å²) >= 11 is 8.40. The van der Waals surface area contributed by atoms with Crippen LogP contribution in [0.1, 0.15) is 23.2 Å². The van der Waals surface area contributed by atoms with Crippen LogP contribution in [0, 0.1) is 11.3 Å². The monoisotopic (exact) mass is 280 g/mol. The molecule has 1 aromatic heterocycles. The van der Waals surface area contributed by atoms with Gasteiger partial charge in [0.15, 0.2) is 0 Å². The number of pyridine rings is 1. The first-order valence-corrected chi connectivity index (χ1v) is 4.86. The van der Waals surface area contributed by atoms with Crippen LogP contribution in [0.15, 0.2) is 10.7 Å². The third kappa shape index (κ3) is 2.20. The fourth-order valence-electron chi connectivity index (χ4n) is 0.936. The number of rotatable bonds is 2. The molecule has 0 saturated carbocycles. The summed E-state index contributed by atoms with van der Waals surface area (Å²) in [6.07, 6.45) is -2.70. The van der Waals surface area contributed by atoms with Gasteiger partial charge in [-0.2, -0.15) is 5.26 Å². The Morgan fingerprint density at radius 2 is 2.29 bits per heavy atom. The topological polar surface area (TPSA) is 36.7 Å². The summed E-state index contributed by atoms with van der Waals surface area (Å²) in [7, 11) is 0. The summed E-state index contributed by atoms with van der Waals surface area (Å²) in [4.78, 5) is 3.83. The zero-order chi connectivity index (χ0) is 10.7. The molecule has 14 heavy (non-hydrogen) atoms. The second-order valence-electron chi connectivity index (χ2n) is 2.41. The van der Waals surface area contributed by atoms with E-state index in [9.17, 15) is 8.78 Å². The van der Waals surface area contributed by atoms with Gasteiger partial charge in [0.2, 0.25) is 0 Å². The number of hydrogen-bond donors (Lipinski definition) is 0. The lowest BCUT2D eigenvalue weighted by Crippen LogP contribution is -1.98. The van der Waals surface area contributed by atoms with Crippen LogP contribution in [0.5, 0.6) is 0 Å². The van der Waals surface area contributed by atoms with Crippen molar-refractivity contribution in [3.05, 3.63) is 27.5 Å². The van der Waals surface area contributed by atoms with Crippen molar-refractivity contribution in [1.82, 2.24) is 4.98 Å². The molecule has 74 valence electrons. The molecule has 1 rings (SSSR count). The predicted molar refractivity (Wildman–Crippen MR) is 51.2 cm³/mol. The standard InChI is InChI=1S/C8H4BrClF2N2/c9-7-6(3-13)5(8(11)12)1-4(2-10)14-7/h1,8H,2H2. The zero-order valence-corrected chi connectivity index (χ0v) is 9.11. The van der Waals surface area contributed by atoms with Crippen LogP contribution < -0.4 is 0 Å². The molecule has 0 N–H and O–H groups in total. The lowest BCUT2D eigenvalue weighted by molar-refractivity contribution is 0.150. The van der Waals surface area contributed by atoms with E-state index < -0.39 is 6.43 Å². The van der Waals surface area contributed by atoms with Crippen LogP contribution in [0.25, 0.3) is 0 Å². The number of hydrogen-bond acceptors (Lipinski definition) is 2. The van der Waals surface area contributed by atoms with E-state index in [0.717, 1.165) is 6.07 Å². The van der Waals surface area contributed by atoms with E-state index in [1.807, 2.05) is 0 Å². The summed E-state index contributed by atoms with van der Waals surface area (Å²) in [5, 5.41) is 8.63. The van der Waals surface area contributed by atoms with Crippen molar-refractivity contribution in [3.8, 4) is 6.07 Å². The normalized spacial score (nSPS) is 10.3. The van der Waals surface area contributed by atoms with Gasteiger partial charge in [0, 0.05) is 5.56 Å². The number of nitriles is 1. The molecule has 0 fully saturated rings. The molecule has 0 saturated heterocycles. The van der Waals surface area contributed by atoms with E-state index in [4.69, 9.17) is 16.9 Å². The molecule has 0 radical (unpaired) electrons. The fourth-order valence-corrected chi connectivity index (χ4v) is 1.62. The van der Waals surface area contributed by atoms with Gasteiger partial charge >= 0.3 is 0 Å². The third-order valence-electron chi connectivity index (χ3n) is 1.54. The SMILES string of the molecule is N#Cc1c(C(F)F)cc(CCl)nc1Br. The molecule has 0 bridgehead atoms. The van der Waals surface area contributed by atoms with E-state index >= 15 is 0 Å². The van der Waals surface area contributed by atoms with Gasteiger partial charge in [0.1, 0.15) is 10.7 Å². The summed E-state index contributed by atoms with van der Waals surface area (Å²) in [5.74, 6) is 0.0318. The average Bonchev–Trinajstić information content (AvgIpc) is 2.16. The van der Waals surface area contributed by atoms with Gasteiger partial charge in [-0.05, 0) is 22.0 Å². The lowest BCUT2D eigenvalue weighted by Gasteiger charge is -2.05. The van der Waals surface area contributed by atoms with Crippen molar-refractivity contribution in [1.29, 1.82) is 5.26 Å². The van der Waals surface area contributed by atoms with Crippen LogP contribution in [-0.2, 0) is 5.88 Å². The average molecular weight is 281 g/mol. The maximum Gasteiger partial charge on any atom is 0.265 e. The molecule has 2 nitrogen and oxygen atoms in total. The molecule has 0 aliphatic carbocycles. The zero-order valence-electron chi connectivity index (χ0n) is 6.77. The van der Waals surface area contributed by atoms with Gasteiger partial charge in [-0.25, -0.2) is 13.8 Å². The minimum absolute atomic E-state index is 0.0318. The van der Waals surface area contributed by atoms with Crippen LogP contribution in [0.4, 0.5) is 8.78 Å². The summed E-state index contributed by atoms with van der Waals surface area (Å²) in [5.41, 5.74) is -0.174. The largest absolute Gasteiger partial charge is 0.265 e. The molecule has 0 aliphatic rings. The Labute approximate surface area is 92.6 Å². The number of alkyl halides is 3. The Bertz CT molecular complexity index is 390. The lowest BCUT2D eigenvalue weighted by atomic mass is 10.1. The van der Waals surface area contributed by atoms with Gasteiger partial charge in [-0.15, -0.1) is 11.6 Å². The van der Waals surface area contributed by atoms with Crippen LogP contribution in [0.2, 0.25) is 0 Å². The Morgan fingerprint density at radius 3 is 2.71 bits per heavy atom. The minimum Gasteiger partial charge on any atom is -0.243 e. The van der Waals surface area contributed by atoms with Crippen molar-refractivity contribution < 1.29 is 8.78 Å². The van der Waals surface area contributed by atoms with Gasteiger partial charge in [0.05, 0.1) is 17.1 Å². The van der Waals surface area contributed by atoms with Crippen molar-refractivity contribution in [2.45, 2.75) is 12.3 Å². The maximum atomic E-state index is 12.5. The Kier molecular flexibility index (Phi) is 3.78. The highest BCUT2D eigenvalue weighted by molar-refractivity contribution is 9.10. The minimum atomic E-state index is -2.70. The number of aromatic nitrogens is 1. The first kappa shape index (κ1) is 11.3. The van der Waals surface area contributed by atoms with E-state index in [1.54, 1.807) is 6.07 Å². The smallest absolute Gasteiger partial charge is 0.243 e. The molecule has 6 heteroatoms. The molecule has 0 unspecified atom stereocenters. The van der Waals surface area contributed by atoms with Crippen molar-refractivity contribution in [3.63, 3.8) is 0 Å². The fraction of sp³-hybridized carbons (Fsp3) is 0.250. The van der Waals surface area contributed by atoms with E-state index in [0.29, 0.717) is 5.69 Å². The molecular weight excluding hydrogens is 277 g/mol. The maximum absolute atomic E-state index is 12.5. The molecule has 0 atom stereocenters. The number of halogens is 4. The van der Waals surface area contributed by atoms with E-state index in [-0.39, 0.29) is 21.6 Å². The highest BCUT2D eigenvalue weighted by Crippen LogP contribution is 2.28. The molecule has 1 heterocycles. The first-order valence-electron chi connectivity index (χ1n) is 3.53. The highest BCUT2D eigenvalue weighted by Gasteiger charge is 2.17. The second kappa shape index (κ2) is 4.67. The number of nitrogens with zero attached hydrogens (tertiary/aromatic N) is 2. The Balaban J connectivity index is 3.37. The van der Waals surface area contributed by atoms with E-state index in [2.05, 4.69) is 20.9 Å². The first-order chi connectivity index (χ1) is 6.60. The third-order valence-corrected chi connectivity index (χ3v) is 2.39. The quantitative estimate of drug-likeness (QED) is 0.615. The molecule has 0 amide bonds. The van der Waals surface area contributed by atoms with Crippen molar-refractivity contribution >= 4 is 27.5 Å². The summed E-state index contributed by atoms with van der Waals surface area (Å²) < 4.78 is 25.0. The van der Waals surface area contributed by atoms with Crippen molar-refractivity contribution in [2.75, 3.05) is 0 Å². The van der Waals surface area contributed by atoms with E-state index in [1.165, 1.54) is 0 Å².